The molecule has 0 spiro atoms. The van der Waals surface area contributed by atoms with Crippen molar-refractivity contribution in [2.45, 2.75) is 24.8 Å². The molecule has 1 atom stereocenters. The highest BCUT2D eigenvalue weighted by molar-refractivity contribution is 7.90. The number of imidazole rings is 1. The van der Waals surface area contributed by atoms with Gasteiger partial charge in [0.15, 0.2) is 5.75 Å². The van der Waals surface area contributed by atoms with E-state index >= 15 is 0 Å². The van der Waals surface area contributed by atoms with Crippen molar-refractivity contribution in [1.29, 1.82) is 0 Å². The number of H-pyrrole nitrogens is 1. The first-order valence-electron chi connectivity index (χ1n) is 7.44. The zero-order chi connectivity index (χ0) is 17.3. The minimum atomic E-state index is -1.33. The number of aryl methyl sites for hydroxylation is 1. The van der Waals surface area contributed by atoms with Crippen molar-refractivity contribution in [2.24, 2.45) is 0 Å². The van der Waals surface area contributed by atoms with Crippen LogP contribution in [0.2, 0.25) is 0 Å². The largest absolute Gasteiger partial charge is 0.609 e. The van der Waals surface area contributed by atoms with Crippen molar-refractivity contribution >= 4 is 45.3 Å². The van der Waals surface area contributed by atoms with E-state index in [1.165, 1.54) is 0 Å². The molecule has 3 N–H and O–H groups in total. The smallest absolute Gasteiger partial charge is 0.322 e. The molecule has 3 aromatic rings. The number of ether oxygens (including phenoxy) is 2. The molecule has 26 heavy (non-hydrogen) atoms. The Morgan fingerprint density at radius 2 is 1.92 bits per heavy atom. The summed E-state index contributed by atoms with van der Waals surface area (Å²) in [5, 5.41) is 0.430. The number of fused-ring (bicyclic) bond motifs is 1. The third kappa shape index (κ3) is 4.41. The fraction of sp³-hybridized carbons (Fsp3) is 0.294. The molecule has 9 heteroatoms. The Bertz CT molecular complexity index is 888. The van der Waals surface area contributed by atoms with Crippen molar-refractivity contribution in [2.75, 3.05) is 14.2 Å². The summed E-state index contributed by atoms with van der Waals surface area (Å²) in [5.41, 5.74) is 4.16. The monoisotopic (exact) mass is 389 g/mol. The lowest BCUT2D eigenvalue weighted by Crippen LogP contribution is -2.10. The summed E-state index contributed by atoms with van der Waals surface area (Å²) in [5.74, 6) is 1.78. The summed E-state index contributed by atoms with van der Waals surface area (Å²) in [4.78, 5) is 11.9. The SMILES string of the molecule is COc1ccc2[nH]c([S+]([O-])Cc3ncc(C)c(OC)c3C)nc2c1.O.[MgH2]. The second kappa shape index (κ2) is 9.42. The van der Waals surface area contributed by atoms with E-state index in [0.717, 1.165) is 33.6 Å². The Balaban J connectivity index is 0.00000169. The first-order valence-corrected chi connectivity index (χ1v) is 8.76. The van der Waals surface area contributed by atoms with E-state index in [1.807, 2.05) is 32.0 Å². The molecule has 1 aromatic carbocycles. The molecule has 0 bridgehead atoms. The Morgan fingerprint density at radius 1 is 1.19 bits per heavy atom. The van der Waals surface area contributed by atoms with Crippen molar-refractivity contribution in [3.05, 3.63) is 41.2 Å². The number of rotatable bonds is 5. The lowest BCUT2D eigenvalue weighted by molar-refractivity contribution is 0.407. The Hall–Kier alpha value is -1.52. The van der Waals surface area contributed by atoms with Gasteiger partial charge in [0.2, 0.25) is 0 Å². The van der Waals surface area contributed by atoms with Crippen LogP contribution in [0, 0.1) is 13.8 Å². The van der Waals surface area contributed by atoms with Gasteiger partial charge >= 0.3 is 28.2 Å². The quantitative estimate of drug-likeness (QED) is 0.519. The number of methoxy groups -OCH3 is 2. The second-order valence-electron chi connectivity index (χ2n) is 5.46. The van der Waals surface area contributed by atoms with E-state index in [2.05, 4.69) is 15.0 Å². The van der Waals surface area contributed by atoms with E-state index in [0.29, 0.717) is 10.9 Å². The number of nitrogens with one attached hydrogen (secondary N) is 1. The number of nitrogens with zero attached hydrogens (tertiary/aromatic N) is 2. The zero-order valence-corrected chi connectivity index (χ0v) is 15.4. The maximum absolute atomic E-state index is 12.7. The Morgan fingerprint density at radius 3 is 2.58 bits per heavy atom. The van der Waals surface area contributed by atoms with Gasteiger partial charge in [-0.2, -0.15) is 4.98 Å². The van der Waals surface area contributed by atoms with Gasteiger partial charge in [-0.15, -0.1) is 0 Å². The van der Waals surface area contributed by atoms with Crippen molar-refractivity contribution < 1.29 is 19.5 Å². The highest BCUT2D eigenvalue weighted by Crippen LogP contribution is 2.27. The number of hydrogen-bond donors (Lipinski definition) is 1. The first-order chi connectivity index (χ1) is 11.5. The van der Waals surface area contributed by atoms with Crippen LogP contribution in [0.4, 0.5) is 0 Å². The highest BCUT2D eigenvalue weighted by atomic mass is 32.2. The average molecular weight is 390 g/mol. The van der Waals surface area contributed by atoms with Gasteiger partial charge in [0.05, 0.1) is 30.9 Å². The molecular formula is C17H23MgN3O4S. The molecular weight excluding hydrogens is 367 g/mol. The molecule has 0 radical (unpaired) electrons. The lowest BCUT2D eigenvalue weighted by atomic mass is 10.1. The predicted molar refractivity (Wildman–Crippen MR) is 105 cm³/mol. The molecule has 0 saturated carbocycles. The number of aromatic nitrogens is 3. The third-order valence-corrected chi connectivity index (χ3v) is 5.06. The topological polar surface area (TPSA) is 115 Å². The maximum atomic E-state index is 12.7. The molecule has 0 amide bonds. The third-order valence-electron chi connectivity index (χ3n) is 3.90. The van der Waals surface area contributed by atoms with Crippen molar-refractivity contribution in [1.82, 2.24) is 15.0 Å². The number of aromatic amines is 1. The van der Waals surface area contributed by atoms with Gasteiger partial charge in [-0.1, -0.05) is 0 Å². The molecule has 1 unspecified atom stereocenters. The van der Waals surface area contributed by atoms with Gasteiger partial charge in [0.1, 0.15) is 11.5 Å². The molecule has 0 saturated heterocycles. The van der Waals surface area contributed by atoms with E-state index in [1.54, 1.807) is 20.4 Å². The summed E-state index contributed by atoms with van der Waals surface area (Å²) in [6.45, 7) is 3.86. The van der Waals surface area contributed by atoms with Crippen LogP contribution in [0.3, 0.4) is 0 Å². The van der Waals surface area contributed by atoms with Crippen LogP contribution in [0.15, 0.2) is 29.6 Å². The van der Waals surface area contributed by atoms with E-state index in [9.17, 15) is 4.55 Å². The fourth-order valence-corrected chi connectivity index (χ4v) is 3.71. The van der Waals surface area contributed by atoms with Gasteiger partial charge in [-0.3, -0.25) is 9.97 Å². The average Bonchev–Trinajstić information content (AvgIpc) is 3.01. The minimum absolute atomic E-state index is 0. The first kappa shape index (κ1) is 22.5. The molecule has 0 aliphatic carbocycles. The van der Waals surface area contributed by atoms with Crippen LogP contribution < -0.4 is 9.47 Å². The predicted octanol–water partition coefficient (Wildman–Crippen LogP) is 1.16. The summed E-state index contributed by atoms with van der Waals surface area (Å²) in [6, 6.07) is 5.51. The van der Waals surface area contributed by atoms with Crippen LogP contribution in [-0.2, 0) is 16.9 Å². The van der Waals surface area contributed by atoms with Crippen LogP contribution in [-0.4, -0.2) is 62.3 Å². The maximum Gasteiger partial charge on any atom is 0.322 e. The number of pyridine rings is 1. The summed E-state index contributed by atoms with van der Waals surface area (Å²) < 4.78 is 23.3. The van der Waals surface area contributed by atoms with E-state index in [-0.39, 0.29) is 34.3 Å². The van der Waals surface area contributed by atoms with Gasteiger partial charge < -0.3 is 19.5 Å². The molecule has 0 aliphatic heterocycles. The van der Waals surface area contributed by atoms with E-state index < -0.39 is 11.2 Å². The minimum Gasteiger partial charge on any atom is -0.609 e. The van der Waals surface area contributed by atoms with Gasteiger partial charge in [0, 0.05) is 34.6 Å². The Kier molecular flexibility index (Phi) is 8.16. The van der Waals surface area contributed by atoms with Gasteiger partial charge in [-0.25, -0.2) is 0 Å². The van der Waals surface area contributed by atoms with Crippen LogP contribution in [0.5, 0.6) is 11.5 Å². The molecule has 7 nitrogen and oxygen atoms in total. The molecule has 0 fully saturated rings. The zero-order valence-electron chi connectivity index (χ0n) is 14.5. The van der Waals surface area contributed by atoms with Gasteiger partial charge in [-0.05, 0) is 26.0 Å². The molecule has 2 aromatic heterocycles. The summed E-state index contributed by atoms with van der Waals surface area (Å²) >= 11 is -1.33. The lowest BCUT2D eigenvalue weighted by Gasteiger charge is -2.13. The molecule has 3 rings (SSSR count). The van der Waals surface area contributed by atoms with Crippen LogP contribution >= 0.6 is 0 Å². The molecule has 0 aliphatic rings. The summed E-state index contributed by atoms with van der Waals surface area (Å²) in [6.07, 6.45) is 1.74. The number of hydrogen-bond acceptors (Lipinski definition) is 5. The Labute approximate surface area is 171 Å². The van der Waals surface area contributed by atoms with E-state index in [4.69, 9.17) is 9.47 Å². The highest BCUT2D eigenvalue weighted by Gasteiger charge is 2.21. The second-order valence-corrected chi connectivity index (χ2v) is 6.83. The van der Waals surface area contributed by atoms with Crippen molar-refractivity contribution in [3.63, 3.8) is 0 Å². The molecule has 138 valence electrons. The number of benzene rings is 1. The summed E-state index contributed by atoms with van der Waals surface area (Å²) in [7, 11) is 3.23. The van der Waals surface area contributed by atoms with Crippen molar-refractivity contribution in [3.8, 4) is 11.5 Å². The normalized spacial score (nSPS) is 11.4. The standard InChI is InChI=1S/C17H19N3O3S.Mg.H2O.2H/c1-10-8-18-15(11(2)16(10)23-4)9-24(21)17-19-13-6-5-12(22-3)7-14(13)20-17;;;;/h5-8H,9H2,1-4H3,(H,19,20);;1H2;;. The van der Waals surface area contributed by atoms with Crippen LogP contribution in [0.25, 0.3) is 11.0 Å². The molecule has 2 heterocycles. The van der Waals surface area contributed by atoms with Crippen LogP contribution in [0.1, 0.15) is 16.8 Å². The van der Waals surface area contributed by atoms with Gasteiger partial charge in [0.25, 0.3) is 0 Å². The fourth-order valence-electron chi connectivity index (χ4n) is 2.61.